The highest BCUT2D eigenvalue weighted by Crippen LogP contribution is 2.30. The molecule has 96 valence electrons. The van der Waals surface area contributed by atoms with Crippen LogP contribution in [0.25, 0.3) is 0 Å². The Hall–Kier alpha value is -0.380. The smallest absolute Gasteiger partial charge is 0.358 e. The van der Waals surface area contributed by atoms with E-state index in [9.17, 15) is 21.6 Å². The molecule has 0 radical (unpaired) electrons. The molecule has 16 heavy (non-hydrogen) atoms. The van der Waals surface area contributed by atoms with Crippen molar-refractivity contribution in [2.75, 3.05) is 18.8 Å². The predicted molar refractivity (Wildman–Crippen MR) is 47.8 cm³/mol. The highest BCUT2D eigenvalue weighted by atomic mass is 32.2. The lowest BCUT2D eigenvalue weighted by atomic mass is 10.3. The van der Waals surface area contributed by atoms with Crippen molar-refractivity contribution in [3.8, 4) is 0 Å². The van der Waals surface area contributed by atoms with E-state index in [0.717, 1.165) is 4.31 Å². The number of rotatable bonds is 3. The van der Waals surface area contributed by atoms with Crippen LogP contribution in [0.5, 0.6) is 0 Å². The van der Waals surface area contributed by atoms with Gasteiger partial charge in [-0.1, -0.05) is 0 Å². The molecular formula is C7H12F3NO4S. The summed E-state index contributed by atoms with van der Waals surface area (Å²) >= 11 is 0. The van der Waals surface area contributed by atoms with Gasteiger partial charge in [0.05, 0.1) is 0 Å². The first-order valence-electron chi connectivity index (χ1n) is 4.55. The molecule has 0 amide bonds. The van der Waals surface area contributed by atoms with Gasteiger partial charge in [0, 0.05) is 13.1 Å². The van der Waals surface area contributed by atoms with Gasteiger partial charge in [-0.3, -0.25) is 0 Å². The summed E-state index contributed by atoms with van der Waals surface area (Å²) in [5.74, 6) is -5.96. The first kappa shape index (κ1) is 13.7. The zero-order chi connectivity index (χ0) is 12.6. The van der Waals surface area contributed by atoms with Crippen LogP contribution >= 0.6 is 0 Å². The maximum Gasteiger partial charge on any atom is 0.444 e. The Morgan fingerprint density at radius 1 is 1.12 bits per heavy atom. The highest BCUT2D eigenvalue weighted by Gasteiger charge is 2.56. The van der Waals surface area contributed by atoms with E-state index in [0.29, 0.717) is 12.8 Å². The minimum absolute atomic E-state index is 0.121. The predicted octanol–water partition coefficient (Wildman–Crippen LogP) is -0.345. The van der Waals surface area contributed by atoms with E-state index in [4.69, 9.17) is 10.2 Å². The van der Waals surface area contributed by atoms with Gasteiger partial charge in [0.25, 0.3) is 5.79 Å². The Kier molecular flexibility index (Phi) is 3.53. The van der Waals surface area contributed by atoms with Crippen LogP contribution in [0.1, 0.15) is 12.8 Å². The van der Waals surface area contributed by atoms with Crippen molar-refractivity contribution in [1.29, 1.82) is 0 Å². The summed E-state index contributed by atoms with van der Waals surface area (Å²) in [4.78, 5) is 0. The minimum Gasteiger partial charge on any atom is -0.358 e. The van der Waals surface area contributed by atoms with E-state index in [1.165, 1.54) is 0 Å². The first-order chi connectivity index (χ1) is 7.06. The number of alkyl halides is 3. The highest BCUT2D eigenvalue weighted by molar-refractivity contribution is 7.89. The van der Waals surface area contributed by atoms with Gasteiger partial charge in [0.15, 0.2) is 0 Å². The lowest BCUT2D eigenvalue weighted by Gasteiger charge is -2.26. The third kappa shape index (κ3) is 2.84. The summed E-state index contributed by atoms with van der Waals surface area (Å²) < 4.78 is 59.8. The Morgan fingerprint density at radius 2 is 1.56 bits per heavy atom. The van der Waals surface area contributed by atoms with Crippen LogP contribution in [0, 0.1) is 0 Å². The summed E-state index contributed by atoms with van der Waals surface area (Å²) in [6.07, 6.45) is -4.26. The standard InChI is InChI=1S/C7H12F3NO4S/c8-7(9,10)6(12,13)5-16(14,15)11-3-1-2-4-11/h12-13H,1-5H2. The van der Waals surface area contributed by atoms with Gasteiger partial charge in [-0.2, -0.15) is 13.2 Å². The Morgan fingerprint density at radius 3 is 1.94 bits per heavy atom. The summed E-state index contributed by atoms with van der Waals surface area (Å²) in [6, 6.07) is 0. The van der Waals surface area contributed by atoms with Gasteiger partial charge in [-0.25, -0.2) is 12.7 Å². The van der Waals surface area contributed by atoms with Gasteiger partial charge in [0.1, 0.15) is 5.75 Å². The molecule has 0 spiro atoms. The molecular weight excluding hydrogens is 251 g/mol. The monoisotopic (exact) mass is 263 g/mol. The summed E-state index contributed by atoms with van der Waals surface area (Å²) in [5.41, 5.74) is 0. The second kappa shape index (κ2) is 4.13. The van der Waals surface area contributed by atoms with Crippen LogP contribution in [0.4, 0.5) is 13.2 Å². The summed E-state index contributed by atoms with van der Waals surface area (Å²) in [5, 5.41) is 17.3. The van der Waals surface area contributed by atoms with E-state index in [-0.39, 0.29) is 13.1 Å². The van der Waals surface area contributed by atoms with E-state index in [2.05, 4.69) is 0 Å². The third-order valence-electron chi connectivity index (χ3n) is 2.30. The zero-order valence-electron chi connectivity index (χ0n) is 8.24. The van der Waals surface area contributed by atoms with Crippen LogP contribution < -0.4 is 0 Å². The van der Waals surface area contributed by atoms with Gasteiger partial charge in [-0.05, 0) is 12.8 Å². The third-order valence-corrected chi connectivity index (χ3v) is 4.22. The quantitative estimate of drug-likeness (QED) is 0.683. The topological polar surface area (TPSA) is 77.8 Å². The summed E-state index contributed by atoms with van der Waals surface area (Å²) in [7, 11) is -4.29. The van der Waals surface area contributed by atoms with Crippen molar-refractivity contribution in [3.63, 3.8) is 0 Å². The number of hydrogen-bond acceptors (Lipinski definition) is 4. The van der Waals surface area contributed by atoms with Crippen molar-refractivity contribution in [2.24, 2.45) is 0 Å². The first-order valence-corrected chi connectivity index (χ1v) is 6.16. The molecule has 5 nitrogen and oxygen atoms in total. The molecule has 1 saturated heterocycles. The molecule has 0 aromatic heterocycles. The van der Waals surface area contributed by atoms with Gasteiger partial charge >= 0.3 is 6.18 Å². The molecule has 0 atom stereocenters. The molecule has 1 rings (SSSR count). The molecule has 0 unspecified atom stereocenters. The van der Waals surface area contributed by atoms with Crippen LogP contribution in [0.3, 0.4) is 0 Å². The average Bonchev–Trinajstić information content (AvgIpc) is 2.50. The van der Waals surface area contributed by atoms with E-state index in [1.54, 1.807) is 0 Å². The second-order valence-corrected chi connectivity index (χ2v) is 5.65. The van der Waals surface area contributed by atoms with Crippen molar-refractivity contribution in [3.05, 3.63) is 0 Å². The van der Waals surface area contributed by atoms with Crippen LogP contribution in [0.2, 0.25) is 0 Å². The van der Waals surface area contributed by atoms with E-state index < -0.39 is 27.7 Å². The molecule has 0 bridgehead atoms. The Labute approximate surface area is 90.5 Å². The largest absolute Gasteiger partial charge is 0.444 e. The summed E-state index contributed by atoms with van der Waals surface area (Å²) in [6.45, 7) is 0.243. The number of aliphatic hydroxyl groups is 2. The van der Waals surface area contributed by atoms with Crippen molar-refractivity contribution in [1.82, 2.24) is 4.31 Å². The SMILES string of the molecule is O=S(=O)(CC(O)(O)C(F)(F)F)N1CCCC1. The molecule has 2 N–H and O–H groups in total. The number of sulfonamides is 1. The second-order valence-electron chi connectivity index (χ2n) is 3.68. The average molecular weight is 263 g/mol. The number of hydrogen-bond donors (Lipinski definition) is 2. The van der Waals surface area contributed by atoms with Gasteiger partial charge in [-0.15, -0.1) is 0 Å². The molecule has 0 aromatic rings. The zero-order valence-corrected chi connectivity index (χ0v) is 9.05. The fourth-order valence-corrected chi connectivity index (χ4v) is 3.06. The Bertz CT molecular complexity index is 345. The molecule has 9 heteroatoms. The fraction of sp³-hybridized carbons (Fsp3) is 1.00. The van der Waals surface area contributed by atoms with Gasteiger partial charge in [0.2, 0.25) is 10.0 Å². The van der Waals surface area contributed by atoms with Crippen LogP contribution in [0.15, 0.2) is 0 Å². The maximum atomic E-state index is 12.1. The molecule has 1 heterocycles. The lowest BCUT2D eigenvalue weighted by Crippen LogP contribution is -2.52. The van der Waals surface area contributed by atoms with E-state index in [1.807, 2.05) is 0 Å². The number of halogens is 3. The molecule has 1 aliphatic heterocycles. The number of nitrogens with zero attached hydrogens (tertiary/aromatic N) is 1. The van der Waals surface area contributed by atoms with Gasteiger partial charge < -0.3 is 10.2 Å². The minimum atomic E-state index is -5.39. The molecule has 0 aliphatic carbocycles. The van der Waals surface area contributed by atoms with Crippen molar-refractivity contribution < 1.29 is 31.8 Å². The molecule has 1 aliphatic rings. The van der Waals surface area contributed by atoms with E-state index >= 15 is 0 Å². The van der Waals surface area contributed by atoms with Crippen LogP contribution in [-0.2, 0) is 10.0 Å². The fourth-order valence-electron chi connectivity index (χ4n) is 1.39. The normalized spacial score (nSPS) is 20.3. The molecule has 1 fully saturated rings. The van der Waals surface area contributed by atoms with Crippen molar-refractivity contribution in [2.45, 2.75) is 24.8 Å². The van der Waals surface area contributed by atoms with Crippen molar-refractivity contribution >= 4 is 10.0 Å². The molecule has 0 saturated carbocycles. The maximum absolute atomic E-state index is 12.1. The lowest BCUT2D eigenvalue weighted by molar-refractivity contribution is -0.337. The molecule has 0 aromatic carbocycles. The van der Waals surface area contributed by atoms with Crippen LogP contribution in [-0.4, -0.2) is 53.7 Å². The Balaban J connectivity index is 2.80.